The summed E-state index contributed by atoms with van der Waals surface area (Å²) >= 11 is 3.52. The van der Waals surface area contributed by atoms with E-state index in [0.717, 1.165) is 26.7 Å². The molecule has 162 valence electrons. The summed E-state index contributed by atoms with van der Waals surface area (Å²) in [4.78, 5) is 16.9. The van der Waals surface area contributed by atoms with Crippen molar-refractivity contribution in [3.63, 3.8) is 0 Å². The third-order valence-corrected chi connectivity index (χ3v) is 5.37. The van der Waals surface area contributed by atoms with Crippen molar-refractivity contribution in [2.45, 2.75) is 13.8 Å². The standard InChI is InChI=1S/C26H22BrNO4/c1-3-30-23-16-17(14-21(27)24(23)31-4-2)15-22-26(29)32-25(28-22)20-12-10-19(11-13-20)18-8-6-5-7-9-18/h5-16H,3-4H2,1-2H3/b22-15-. The molecule has 0 saturated heterocycles. The summed E-state index contributed by atoms with van der Waals surface area (Å²) in [6.07, 6.45) is 1.68. The summed E-state index contributed by atoms with van der Waals surface area (Å²) in [6, 6.07) is 21.5. The Kier molecular flexibility index (Phi) is 6.71. The third kappa shape index (κ3) is 4.75. The smallest absolute Gasteiger partial charge is 0.363 e. The van der Waals surface area contributed by atoms with Crippen molar-refractivity contribution in [1.82, 2.24) is 0 Å². The monoisotopic (exact) mass is 491 g/mol. The first-order chi connectivity index (χ1) is 15.6. The van der Waals surface area contributed by atoms with Gasteiger partial charge < -0.3 is 14.2 Å². The highest BCUT2D eigenvalue weighted by Gasteiger charge is 2.24. The fourth-order valence-electron chi connectivity index (χ4n) is 3.34. The van der Waals surface area contributed by atoms with Gasteiger partial charge in [0.25, 0.3) is 0 Å². The molecule has 0 spiro atoms. The molecule has 0 atom stereocenters. The number of nitrogens with zero attached hydrogens (tertiary/aromatic N) is 1. The van der Waals surface area contributed by atoms with Gasteiger partial charge in [-0.2, -0.15) is 0 Å². The van der Waals surface area contributed by atoms with Crippen molar-refractivity contribution in [3.8, 4) is 22.6 Å². The Labute approximate surface area is 195 Å². The highest BCUT2D eigenvalue weighted by Crippen LogP contribution is 2.38. The van der Waals surface area contributed by atoms with Crippen molar-refractivity contribution in [2.75, 3.05) is 13.2 Å². The maximum absolute atomic E-state index is 12.4. The fourth-order valence-corrected chi connectivity index (χ4v) is 3.92. The second-order valence-electron chi connectivity index (χ2n) is 6.98. The van der Waals surface area contributed by atoms with Crippen LogP contribution in [-0.2, 0) is 9.53 Å². The molecule has 0 fully saturated rings. The van der Waals surface area contributed by atoms with E-state index in [2.05, 4.69) is 33.1 Å². The predicted octanol–water partition coefficient (Wildman–Crippen LogP) is 6.26. The normalized spacial score (nSPS) is 14.3. The fraction of sp³-hybridized carbons (Fsp3) is 0.154. The number of aliphatic imine (C=N–C) groups is 1. The number of ether oxygens (including phenoxy) is 3. The zero-order valence-electron chi connectivity index (χ0n) is 17.8. The van der Waals surface area contributed by atoms with Gasteiger partial charge in [-0.3, -0.25) is 0 Å². The van der Waals surface area contributed by atoms with E-state index in [-0.39, 0.29) is 11.6 Å². The quantitative estimate of drug-likeness (QED) is 0.289. The molecule has 6 heteroatoms. The summed E-state index contributed by atoms with van der Waals surface area (Å²) in [5, 5.41) is 0. The SMILES string of the molecule is CCOc1cc(/C=C2\N=C(c3ccc(-c4ccccc4)cc3)OC2=O)cc(Br)c1OCC. The molecule has 0 radical (unpaired) electrons. The van der Waals surface area contributed by atoms with Crippen molar-refractivity contribution in [1.29, 1.82) is 0 Å². The van der Waals surface area contributed by atoms with Crippen molar-refractivity contribution >= 4 is 33.9 Å². The average Bonchev–Trinajstić information content (AvgIpc) is 3.17. The number of cyclic esters (lactones) is 1. The first-order valence-corrected chi connectivity index (χ1v) is 11.2. The highest BCUT2D eigenvalue weighted by atomic mass is 79.9. The molecule has 32 heavy (non-hydrogen) atoms. The molecule has 3 aromatic carbocycles. The maximum Gasteiger partial charge on any atom is 0.363 e. The number of halogens is 1. The van der Waals surface area contributed by atoms with E-state index in [4.69, 9.17) is 14.2 Å². The van der Waals surface area contributed by atoms with E-state index >= 15 is 0 Å². The van der Waals surface area contributed by atoms with Crippen LogP contribution in [0.2, 0.25) is 0 Å². The summed E-state index contributed by atoms with van der Waals surface area (Å²) in [5.74, 6) is 1.03. The molecule has 1 heterocycles. The molecule has 0 N–H and O–H groups in total. The number of rotatable bonds is 7. The minimum atomic E-state index is -0.491. The molecule has 0 aliphatic carbocycles. The lowest BCUT2D eigenvalue weighted by Crippen LogP contribution is -2.05. The van der Waals surface area contributed by atoms with Crippen LogP contribution in [0.5, 0.6) is 11.5 Å². The van der Waals surface area contributed by atoms with Gasteiger partial charge in [0.15, 0.2) is 17.2 Å². The second kappa shape index (κ2) is 9.83. The molecule has 3 aromatic rings. The van der Waals surface area contributed by atoms with E-state index in [9.17, 15) is 4.79 Å². The van der Waals surface area contributed by atoms with Gasteiger partial charge in [-0.05, 0) is 76.8 Å². The Balaban J connectivity index is 1.61. The molecule has 0 bridgehead atoms. The number of carbonyl (C=O) groups is 1. The number of hydrogen-bond acceptors (Lipinski definition) is 5. The topological polar surface area (TPSA) is 57.1 Å². The zero-order chi connectivity index (χ0) is 22.5. The van der Waals surface area contributed by atoms with Gasteiger partial charge in [-0.15, -0.1) is 0 Å². The van der Waals surface area contributed by atoms with Crippen LogP contribution >= 0.6 is 15.9 Å². The summed E-state index contributed by atoms with van der Waals surface area (Å²) in [5.41, 5.74) is 3.92. The highest BCUT2D eigenvalue weighted by molar-refractivity contribution is 9.10. The van der Waals surface area contributed by atoms with E-state index in [1.54, 1.807) is 6.08 Å². The first-order valence-electron chi connectivity index (χ1n) is 10.4. The summed E-state index contributed by atoms with van der Waals surface area (Å²) in [6.45, 7) is 4.83. The lowest BCUT2D eigenvalue weighted by atomic mass is 10.0. The number of hydrogen-bond donors (Lipinski definition) is 0. The molecule has 0 unspecified atom stereocenters. The minimum Gasteiger partial charge on any atom is -0.490 e. The van der Waals surface area contributed by atoms with E-state index in [0.29, 0.717) is 24.7 Å². The Bertz CT molecular complexity index is 1180. The molecular formula is C26H22BrNO4. The Morgan fingerprint density at radius 2 is 1.56 bits per heavy atom. The zero-order valence-corrected chi connectivity index (χ0v) is 19.4. The third-order valence-electron chi connectivity index (χ3n) is 4.78. The largest absolute Gasteiger partial charge is 0.490 e. The predicted molar refractivity (Wildman–Crippen MR) is 129 cm³/mol. The van der Waals surface area contributed by atoms with E-state index in [1.165, 1.54) is 0 Å². The molecule has 5 nitrogen and oxygen atoms in total. The number of esters is 1. The lowest BCUT2D eigenvalue weighted by Gasteiger charge is -2.13. The molecular weight excluding hydrogens is 470 g/mol. The summed E-state index contributed by atoms with van der Waals surface area (Å²) < 4.78 is 17.5. The molecule has 0 saturated carbocycles. The van der Waals surface area contributed by atoms with Crippen LogP contribution in [0.3, 0.4) is 0 Å². The van der Waals surface area contributed by atoms with Crippen LogP contribution in [0.25, 0.3) is 17.2 Å². The van der Waals surface area contributed by atoms with Gasteiger partial charge in [-0.1, -0.05) is 42.5 Å². The molecule has 1 aliphatic heterocycles. The Hall–Kier alpha value is -3.38. The van der Waals surface area contributed by atoms with Crippen molar-refractivity contribution in [2.24, 2.45) is 4.99 Å². The van der Waals surface area contributed by atoms with Crippen molar-refractivity contribution in [3.05, 3.63) is 88.0 Å². The van der Waals surface area contributed by atoms with Gasteiger partial charge in [0.2, 0.25) is 5.90 Å². The molecule has 4 rings (SSSR count). The molecule has 0 amide bonds. The minimum absolute atomic E-state index is 0.227. The second-order valence-corrected chi connectivity index (χ2v) is 7.83. The molecule has 0 aromatic heterocycles. The van der Waals surface area contributed by atoms with Gasteiger partial charge >= 0.3 is 5.97 Å². The van der Waals surface area contributed by atoms with E-state index in [1.807, 2.05) is 68.4 Å². The average molecular weight is 492 g/mol. The first kappa shape index (κ1) is 21.8. The van der Waals surface area contributed by atoms with Gasteiger partial charge in [0.1, 0.15) is 0 Å². The van der Waals surface area contributed by atoms with Crippen molar-refractivity contribution < 1.29 is 19.0 Å². The van der Waals surface area contributed by atoms with Crippen LogP contribution in [0.1, 0.15) is 25.0 Å². The van der Waals surface area contributed by atoms with Crippen LogP contribution in [0.15, 0.2) is 81.9 Å². The van der Waals surface area contributed by atoms with Crippen LogP contribution < -0.4 is 9.47 Å². The number of carbonyl (C=O) groups excluding carboxylic acids is 1. The Morgan fingerprint density at radius 1 is 0.906 bits per heavy atom. The van der Waals surface area contributed by atoms with Crippen LogP contribution in [0, 0.1) is 0 Å². The summed E-state index contributed by atoms with van der Waals surface area (Å²) in [7, 11) is 0. The van der Waals surface area contributed by atoms with Crippen LogP contribution in [0.4, 0.5) is 0 Å². The van der Waals surface area contributed by atoms with Gasteiger partial charge in [-0.25, -0.2) is 9.79 Å². The van der Waals surface area contributed by atoms with Crippen LogP contribution in [-0.4, -0.2) is 25.1 Å². The molecule has 1 aliphatic rings. The van der Waals surface area contributed by atoms with Gasteiger partial charge in [0, 0.05) is 5.56 Å². The van der Waals surface area contributed by atoms with E-state index < -0.39 is 5.97 Å². The Morgan fingerprint density at radius 3 is 2.25 bits per heavy atom. The van der Waals surface area contributed by atoms with Gasteiger partial charge in [0.05, 0.1) is 17.7 Å². The number of benzene rings is 3. The lowest BCUT2D eigenvalue weighted by molar-refractivity contribution is -0.129. The maximum atomic E-state index is 12.4.